The van der Waals surface area contributed by atoms with Gasteiger partial charge in [-0.1, -0.05) is 20.8 Å². The summed E-state index contributed by atoms with van der Waals surface area (Å²) in [5.41, 5.74) is 0. The van der Waals surface area contributed by atoms with E-state index >= 15 is 0 Å². The summed E-state index contributed by atoms with van der Waals surface area (Å²) in [6, 6.07) is 0. The summed E-state index contributed by atoms with van der Waals surface area (Å²) in [5.74, 6) is 0.0438. The first kappa shape index (κ1) is 13.9. The third kappa shape index (κ3) is 2.96. The van der Waals surface area contributed by atoms with Crippen LogP contribution in [-0.4, -0.2) is 42.3 Å². The predicted octanol–water partition coefficient (Wildman–Crippen LogP) is 0.435. The quantitative estimate of drug-likeness (QED) is 0.759. The Labute approximate surface area is 97.6 Å². The van der Waals surface area contributed by atoms with Gasteiger partial charge >= 0.3 is 0 Å². The summed E-state index contributed by atoms with van der Waals surface area (Å²) in [7, 11) is -3.08. The highest BCUT2D eigenvalue weighted by Crippen LogP contribution is 2.37. The summed E-state index contributed by atoms with van der Waals surface area (Å²) < 4.78 is 23.0. The van der Waals surface area contributed by atoms with E-state index in [1.165, 1.54) is 0 Å². The maximum atomic E-state index is 11.5. The number of hydrogen-bond acceptors (Lipinski definition) is 4. The molecule has 0 radical (unpaired) electrons. The van der Waals surface area contributed by atoms with Gasteiger partial charge in [0, 0.05) is 11.7 Å². The van der Waals surface area contributed by atoms with Crippen molar-refractivity contribution in [3.05, 3.63) is 0 Å². The van der Waals surface area contributed by atoms with Crippen molar-refractivity contribution in [2.24, 2.45) is 17.8 Å². The maximum absolute atomic E-state index is 11.5. The van der Waals surface area contributed by atoms with E-state index in [9.17, 15) is 18.6 Å². The molecular formula is C11H22O4S. The second-order valence-corrected chi connectivity index (χ2v) is 7.48. The van der Waals surface area contributed by atoms with Crippen LogP contribution in [0.3, 0.4) is 0 Å². The fourth-order valence-electron chi connectivity index (χ4n) is 2.44. The van der Waals surface area contributed by atoms with Crippen molar-refractivity contribution in [1.82, 2.24) is 0 Å². The van der Waals surface area contributed by atoms with Crippen molar-refractivity contribution in [3.63, 3.8) is 0 Å². The van der Waals surface area contributed by atoms with Gasteiger partial charge in [-0.15, -0.1) is 0 Å². The molecule has 1 aliphatic rings. The molecule has 0 aromatic rings. The largest absolute Gasteiger partial charge is 0.390 e. The molecule has 1 fully saturated rings. The minimum atomic E-state index is -3.08. The highest BCUT2D eigenvalue weighted by atomic mass is 32.2. The Balaban J connectivity index is 2.72. The van der Waals surface area contributed by atoms with E-state index in [-0.39, 0.29) is 29.3 Å². The molecule has 1 saturated carbocycles. The zero-order chi connectivity index (χ0) is 12.5. The zero-order valence-electron chi connectivity index (χ0n) is 10.1. The predicted molar refractivity (Wildman–Crippen MR) is 62.8 cm³/mol. The molecule has 16 heavy (non-hydrogen) atoms. The van der Waals surface area contributed by atoms with E-state index in [1.807, 2.05) is 13.8 Å². The Morgan fingerprint density at radius 3 is 2.19 bits per heavy atom. The minimum absolute atomic E-state index is 0.00653. The average molecular weight is 250 g/mol. The number of rotatable bonds is 4. The summed E-state index contributed by atoms with van der Waals surface area (Å²) in [6.07, 6.45) is -1.08. The van der Waals surface area contributed by atoms with Gasteiger partial charge in [0.1, 0.15) is 9.84 Å². The summed E-state index contributed by atoms with van der Waals surface area (Å²) in [6.45, 7) is 5.57. The van der Waals surface area contributed by atoms with E-state index < -0.39 is 22.0 Å². The average Bonchev–Trinajstić information content (AvgIpc) is 2.46. The Morgan fingerprint density at radius 2 is 1.81 bits per heavy atom. The van der Waals surface area contributed by atoms with Crippen LogP contribution in [0, 0.1) is 17.8 Å². The molecule has 5 heteroatoms. The van der Waals surface area contributed by atoms with Gasteiger partial charge in [-0.25, -0.2) is 8.42 Å². The van der Waals surface area contributed by atoms with Crippen LogP contribution in [0.5, 0.6) is 0 Å². The molecule has 1 aliphatic carbocycles. The molecule has 0 spiro atoms. The molecule has 4 atom stereocenters. The highest BCUT2D eigenvalue weighted by molar-refractivity contribution is 7.91. The summed E-state index contributed by atoms with van der Waals surface area (Å²) in [5, 5.41) is 19.6. The van der Waals surface area contributed by atoms with Gasteiger partial charge in [0.25, 0.3) is 0 Å². The standard InChI is InChI=1S/C11H22O4S/c1-4-16(14,15)6-8-5-9(7(2)3)11(13)10(8)12/h7-13H,4-6H2,1-3H3/t8-,9+,10-,11+/m1/s1. The lowest BCUT2D eigenvalue weighted by Gasteiger charge is -2.19. The van der Waals surface area contributed by atoms with Gasteiger partial charge in [-0.3, -0.25) is 0 Å². The van der Waals surface area contributed by atoms with E-state index in [0.717, 1.165) is 0 Å². The molecular weight excluding hydrogens is 228 g/mol. The molecule has 96 valence electrons. The fraction of sp³-hybridized carbons (Fsp3) is 1.00. The van der Waals surface area contributed by atoms with Gasteiger partial charge in [0.2, 0.25) is 0 Å². The van der Waals surface area contributed by atoms with E-state index in [1.54, 1.807) is 6.92 Å². The van der Waals surface area contributed by atoms with Crippen molar-refractivity contribution in [2.75, 3.05) is 11.5 Å². The fourth-order valence-corrected chi connectivity index (χ4v) is 3.66. The monoisotopic (exact) mass is 250 g/mol. The maximum Gasteiger partial charge on any atom is 0.150 e. The second-order valence-electron chi connectivity index (χ2n) is 5.08. The smallest absolute Gasteiger partial charge is 0.150 e. The number of hydrogen-bond donors (Lipinski definition) is 2. The molecule has 0 unspecified atom stereocenters. The van der Waals surface area contributed by atoms with Crippen LogP contribution >= 0.6 is 0 Å². The molecule has 2 N–H and O–H groups in total. The van der Waals surface area contributed by atoms with E-state index in [0.29, 0.717) is 6.42 Å². The van der Waals surface area contributed by atoms with E-state index in [2.05, 4.69) is 0 Å². The lowest BCUT2D eigenvalue weighted by Crippen LogP contribution is -2.32. The molecule has 0 heterocycles. The molecule has 0 saturated heterocycles. The molecule has 0 aromatic heterocycles. The van der Waals surface area contributed by atoms with Crippen LogP contribution in [0.4, 0.5) is 0 Å². The van der Waals surface area contributed by atoms with E-state index in [4.69, 9.17) is 0 Å². The van der Waals surface area contributed by atoms with Crippen LogP contribution in [0.15, 0.2) is 0 Å². The van der Waals surface area contributed by atoms with Crippen molar-refractivity contribution >= 4 is 9.84 Å². The first-order valence-corrected chi connectivity index (χ1v) is 7.67. The van der Waals surface area contributed by atoms with Crippen LogP contribution < -0.4 is 0 Å². The van der Waals surface area contributed by atoms with Gasteiger partial charge in [0.05, 0.1) is 18.0 Å². The summed E-state index contributed by atoms with van der Waals surface area (Å²) >= 11 is 0. The van der Waals surface area contributed by atoms with Crippen LogP contribution in [0.2, 0.25) is 0 Å². The number of sulfone groups is 1. The first-order valence-electron chi connectivity index (χ1n) is 5.85. The first-order chi connectivity index (χ1) is 7.28. The third-order valence-electron chi connectivity index (χ3n) is 3.61. The van der Waals surface area contributed by atoms with Gasteiger partial charge < -0.3 is 10.2 Å². The van der Waals surface area contributed by atoms with Crippen molar-refractivity contribution in [3.8, 4) is 0 Å². The Morgan fingerprint density at radius 1 is 1.25 bits per heavy atom. The van der Waals surface area contributed by atoms with Crippen molar-refractivity contribution in [1.29, 1.82) is 0 Å². The number of aliphatic hydroxyl groups excluding tert-OH is 2. The molecule has 1 rings (SSSR count). The molecule has 0 aliphatic heterocycles. The SMILES string of the molecule is CCS(=O)(=O)C[C@H]1C[C@@H](C(C)C)[C@H](O)[C@@H]1O. The normalized spacial score (nSPS) is 35.9. The summed E-state index contributed by atoms with van der Waals surface area (Å²) in [4.78, 5) is 0. The highest BCUT2D eigenvalue weighted by Gasteiger charge is 2.43. The topological polar surface area (TPSA) is 74.6 Å². The minimum Gasteiger partial charge on any atom is -0.390 e. The molecule has 0 bridgehead atoms. The molecule has 0 aromatic carbocycles. The second kappa shape index (κ2) is 5.02. The van der Waals surface area contributed by atoms with Gasteiger partial charge in [0.15, 0.2) is 0 Å². The number of aliphatic hydroxyl groups is 2. The molecule has 0 amide bonds. The van der Waals surface area contributed by atoms with Crippen molar-refractivity contribution < 1.29 is 18.6 Å². The molecule has 4 nitrogen and oxygen atoms in total. The van der Waals surface area contributed by atoms with Crippen molar-refractivity contribution in [2.45, 2.75) is 39.4 Å². The van der Waals surface area contributed by atoms with Crippen LogP contribution in [-0.2, 0) is 9.84 Å². The Bertz CT molecular complexity index is 323. The zero-order valence-corrected chi connectivity index (χ0v) is 10.9. The Kier molecular flexibility index (Phi) is 4.37. The third-order valence-corrected chi connectivity index (χ3v) is 5.43. The van der Waals surface area contributed by atoms with Crippen LogP contribution in [0.25, 0.3) is 0 Å². The lowest BCUT2D eigenvalue weighted by molar-refractivity contribution is -0.000968. The lowest BCUT2D eigenvalue weighted by atomic mass is 9.92. The van der Waals surface area contributed by atoms with Crippen LogP contribution in [0.1, 0.15) is 27.2 Å². The van der Waals surface area contributed by atoms with Gasteiger partial charge in [-0.05, 0) is 18.3 Å². The van der Waals surface area contributed by atoms with Gasteiger partial charge in [-0.2, -0.15) is 0 Å². The Hall–Kier alpha value is -0.130.